The molecule has 0 saturated heterocycles. The lowest BCUT2D eigenvalue weighted by Gasteiger charge is -2.16. The molecule has 1 atom stereocenters. The molecule has 206 valence electrons. The van der Waals surface area contributed by atoms with E-state index in [0.717, 1.165) is 6.04 Å². The Morgan fingerprint density at radius 1 is 0.324 bits per heavy atom. The van der Waals surface area contributed by atoms with Crippen LogP contribution in [0, 0.1) is 0 Å². The van der Waals surface area contributed by atoms with E-state index in [1.54, 1.807) is 0 Å². The fourth-order valence-electron chi connectivity index (χ4n) is 5.43. The maximum Gasteiger partial charge on any atom is 0.00640 e. The molecule has 0 radical (unpaired) electrons. The van der Waals surface area contributed by atoms with Crippen molar-refractivity contribution in [3.63, 3.8) is 0 Å². The van der Waals surface area contributed by atoms with Gasteiger partial charge in [-0.2, -0.15) is 0 Å². The minimum absolute atomic E-state index is 0.769. The smallest absolute Gasteiger partial charge is 0.00640 e. The van der Waals surface area contributed by atoms with E-state index in [0.29, 0.717) is 0 Å². The summed E-state index contributed by atoms with van der Waals surface area (Å²) in [5.41, 5.74) is 0. The minimum Gasteiger partial charge on any atom is -0.317 e. The Kier molecular flexibility index (Phi) is 31.0. The van der Waals surface area contributed by atoms with Crippen molar-refractivity contribution in [3.05, 3.63) is 0 Å². The van der Waals surface area contributed by atoms with Crippen LogP contribution in [0.3, 0.4) is 0 Å². The van der Waals surface area contributed by atoms with Crippen LogP contribution in [-0.4, -0.2) is 13.1 Å². The van der Waals surface area contributed by atoms with E-state index in [4.69, 9.17) is 0 Å². The summed E-state index contributed by atoms with van der Waals surface area (Å²) < 4.78 is 0. The summed E-state index contributed by atoms with van der Waals surface area (Å²) in [4.78, 5) is 0. The van der Waals surface area contributed by atoms with Gasteiger partial charge < -0.3 is 5.32 Å². The molecule has 0 aromatic carbocycles. The summed E-state index contributed by atoms with van der Waals surface area (Å²) in [6, 6.07) is 0.769. The molecule has 0 aromatic heterocycles. The molecule has 0 bridgehead atoms. The van der Waals surface area contributed by atoms with Gasteiger partial charge in [0.2, 0.25) is 0 Å². The molecule has 1 heteroatoms. The van der Waals surface area contributed by atoms with Crippen molar-refractivity contribution in [2.45, 2.75) is 206 Å². The van der Waals surface area contributed by atoms with Crippen molar-refractivity contribution in [1.29, 1.82) is 0 Å². The van der Waals surface area contributed by atoms with E-state index in [-0.39, 0.29) is 0 Å². The third-order valence-corrected chi connectivity index (χ3v) is 7.97. The first-order chi connectivity index (χ1) is 16.8. The van der Waals surface area contributed by atoms with Crippen LogP contribution in [0.15, 0.2) is 0 Å². The first-order valence-electron chi connectivity index (χ1n) is 16.5. The average Bonchev–Trinajstić information content (AvgIpc) is 2.85. The standard InChI is InChI=1S/C33H69N/c1-4-6-8-10-12-14-16-18-20-22-24-26-28-30-32-33(34-3)31-29-27-25-23-21-19-17-15-13-11-9-7-5-2/h33-34H,4-32H2,1-3H3. The van der Waals surface area contributed by atoms with Gasteiger partial charge in [0.05, 0.1) is 0 Å². The molecule has 1 unspecified atom stereocenters. The second-order valence-corrected chi connectivity index (χ2v) is 11.4. The molecule has 0 aliphatic rings. The van der Waals surface area contributed by atoms with Gasteiger partial charge in [0.15, 0.2) is 0 Å². The molecule has 1 nitrogen and oxygen atoms in total. The molecule has 0 heterocycles. The van der Waals surface area contributed by atoms with Crippen LogP contribution in [0.1, 0.15) is 200 Å². The zero-order valence-electron chi connectivity index (χ0n) is 24.6. The first-order valence-corrected chi connectivity index (χ1v) is 16.5. The van der Waals surface area contributed by atoms with Crippen LogP contribution >= 0.6 is 0 Å². The van der Waals surface area contributed by atoms with Crippen molar-refractivity contribution in [1.82, 2.24) is 5.32 Å². The van der Waals surface area contributed by atoms with Crippen LogP contribution < -0.4 is 5.32 Å². The largest absolute Gasteiger partial charge is 0.317 e. The molecule has 1 N–H and O–H groups in total. The molecule has 0 fully saturated rings. The van der Waals surface area contributed by atoms with Crippen LogP contribution in [0.4, 0.5) is 0 Å². The normalized spacial score (nSPS) is 12.4. The van der Waals surface area contributed by atoms with E-state index in [1.807, 2.05) is 0 Å². The third-order valence-electron chi connectivity index (χ3n) is 7.97. The fraction of sp³-hybridized carbons (Fsp3) is 1.00. The van der Waals surface area contributed by atoms with E-state index in [1.165, 1.54) is 186 Å². The Hall–Kier alpha value is -0.0400. The fourth-order valence-corrected chi connectivity index (χ4v) is 5.43. The lowest BCUT2D eigenvalue weighted by molar-refractivity contribution is 0.434. The number of nitrogens with one attached hydrogen (secondary N) is 1. The topological polar surface area (TPSA) is 12.0 Å². The average molecular weight is 480 g/mol. The lowest BCUT2D eigenvalue weighted by atomic mass is 9.99. The minimum atomic E-state index is 0.769. The van der Waals surface area contributed by atoms with Gasteiger partial charge in [0.1, 0.15) is 0 Å². The molecule has 0 saturated carbocycles. The Bertz CT molecular complexity index is 339. The summed E-state index contributed by atoms with van der Waals surface area (Å²) >= 11 is 0. The van der Waals surface area contributed by atoms with Gasteiger partial charge in [0.25, 0.3) is 0 Å². The quantitative estimate of drug-likeness (QED) is 0.101. The van der Waals surface area contributed by atoms with E-state index in [9.17, 15) is 0 Å². The van der Waals surface area contributed by atoms with E-state index in [2.05, 4.69) is 26.2 Å². The number of hydrogen-bond donors (Lipinski definition) is 1. The van der Waals surface area contributed by atoms with Crippen molar-refractivity contribution >= 4 is 0 Å². The predicted molar refractivity (Wildman–Crippen MR) is 158 cm³/mol. The zero-order valence-corrected chi connectivity index (χ0v) is 24.6. The predicted octanol–water partition coefficient (Wildman–Crippen LogP) is 11.9. The Balaban J connectivity index is 3.26. The summed E-state index contributed by atoms with van der Waals surface area (Å²) in [6.07, 6.45) is 42.2. The highest BCUT2D eigenvalue weighted by atomic mass is 14.9. The van der Waals surface area contributed by atoms with Crippen molar-refractivity contribution in [3.8, 4) is 0 Å². The van der Waals surface area contributed by atoms with Gasteiger partial charge in [-0.15, -0.1) is 0 Å². The maximum atomic E-state index is 3.59. The molecule has 0 amide bonds. The van der Waals surface area contributed by atoms with Gasteiger partial charge in [0, 0.05) is 6.04 Å². The molecule has 34 heavy (non-hydrogen) atoms. The third kappa shape index (κ3) is 28.2. The summed E-state index contributed by atoms with van der Waals surface area (Å²) in [6.45, 7) is 4.61. The summed E-state index contributed by atoms with van der Waals surface area (Å²) in [5.74, 6) is 0. The van der Waals surface area contributed by atoms with Crippen molar-refractivity contribution in [2.75, 3.05) is 7.05 Å². The zero-order chi connectivity index (χ0) is 24.8. The Morgan fingerprint density at radius 2 is 0.529 bits per heavy atom. The van der Waals surface area contributed by atoms with Crippen LogP contribution in [0.5, 0.6) is 0 Å². The highest BCUT2D eigenvalue weighted by Gasteiger charge is 2.05. The van der Waals surface area contributed by atoms with Crippen LogP contribution in [0.25, 0.3) is 0 Å². The van der Waals surface area contributed by atoms with Gasteiger partial charge in [-0.25, -0.2) is 0 Å². The Morgan fingerprint density at radius 3 is 0.735 bits per heavy atom. The van der Waals surface area contributed by atoms with Crippen LogP contribution in [0.2, 0.25) is 0 Å². The first kappa shape index (κ1) is 34.0. The molecule has 0 aliphatic heterocycles. The van der Waals surface area contributed by atoms with E-state index < -0.39 is 0 Å². The monoisotopic (exact) mass is 480 g/mol. The van der Waals surface area contributed by atoms with Crippen molar-refractivity contribution < 1.29 is 0 Å². The molecule has 0 spiro atoms. The Labute approximate surface area is 218 Å². The van der Waals surface area contributed by atoms with Gasteiger partial charge in [-0.05, 0) is 19.9 Å². The lowest BCUT2D eigenvalue weighted by Crippen LogP contribution is -2.24. The molecule has 0 rings (SSSR count). The summed E-state index contributed by atoms with van der Waals surface area (Å²) in [7, 11) is 2.18. The molecule has 0 aliphatic carbocycles. The second-order valence-electron chi connectivity index (χ2n) is 11.4. The second kappa shape index (κ2) is 31.0. The van der Waals surface area contributed by atoms with Gasteiger partial charge >= 0.3 is 0 Å². The highest BCUT2D eigenvalue weighted by molar-refractivity contribution is 4.65. The van der Waals surface area contributed by atoms with Gasteiger partial charge in [-0.3, -0.25) is 0 Å². The number of hydrogen-bond acceptors (Lipinski definition) is 1. The molecular weight excluding hydrogens is 410 g/mol. The van der Waals surface area contributed by atoms with Crippen LogP contribution in [-0.2, 0) is 0 Å². The number of unbranched alkanes of at least 4 members (excludes halogenated alkanes) is 25. The summed E-state index contributed by atoms with van der Waals surface area (Å²) in [5, 5.41) is 3.59. The maximum absolute atomic E-state index is 3.59. The SMILES string of the molecule is CCCCCCCCCCCCCCCCC(CCCCCCCCCCCCCCC)NC. The molecule has 0 aromatic rings. The van der Waals surface area contributed by atoms with Crippen molar-refractivity contribution in [2.24, 2.45) is 0 Å². The van der Waals surface area contributed by atoms with E-state index >= 15 is 0 Å². The molecular formula is C33H69N. The highest BCUT2D eigenvalue weighted by Crippen LogP contribution is 2.16. The van der Waals surface area contributed by atoms with Gasteiger partial charge in [-0.1, -0.05) is 187 Å². The number of rotatable bonds is 30.